The number of amides is 1. The molecule has 2 rings (SSSR count). The van der Waals surface area contributed by atoms with Crippen LogP contribution in [0.2, 0.25) is 0 Å². The van der Waals surface area contributed by atoms with Gasteiger partial charge in [0.05, 0.1) is 13.2 Å². The number of carbonyl (C=O) groups excluding carboxylic acids is 1. The number of hydrogen-bond donors (Lipinski definition) is 0. The normalized spacial score (nSPS) is 29.2. The number of ether oxygens (including phenoxy) is 1. The van der Waals surface area contributed by atoms with Gasteiger partial charge in [-0.1, -0.05) is 0 Å². The number of hydroxylamine groups is 2. The Hall–Kier alpha value is -0.610. The minimum Gasteiger partial charge on any atom is -0.368 e. The fourth-order valence-corrected chi connectivity index (χ4v) is 1.72. The van der Waals surface area contributed by atoms with E-state index in [1.54, 1.807) is 0 Å². The van der Waals surface area contributed by atoms with Crippen LogP contribution in [-0.4, -0.2) is 36.8 Å². The van der Waals surface area contributed by atoms with E-state index in [2.05, 4.69) is 0 Å². The molecule has 1 amide bonds. The third-order valence-electron chi connectivity index (χ3n) is 2.45. The summed E-state index contributed by atoms with van der Waals surface area (Å²) in [5.74, 6) is 0.0113. The highest BCUT2D eigenvalue weighted by Gasteiger charge is 2.29. The van der Waals surface area contributed by atoms with Crippen LogP contribution in [-0.2, 0) is 14.4 Å². The topological polar surface area (TPSA) is 38.8 Å². The number of carbonyl (C=O) groups is 1. The second-order valence-corrected chi connectivity index (χ2v) is 3.48. The van der Waals surface area contributed by atoms with Gasteiger partial charge in [-0.05, 0) is 25.7 Å². The summed E-state index contributed by atoms with van der Waals surface area (Å²) in [6.07, 6.45) is 3.71. The summed E-state index contributed by atoms with van der Waals surface area (Å²) >= 11 is 0. The molecular weight excluding hydrogens is 170 g/mol. The van der Waals surface area contributed by atoms with Crippen molar-refractivity contribution in [3.05, 3.63) is 0 Å². The Morgan fingerprint density at radius 2 is 2.15 bits per heavy atom. The first kappa shape index (κ1) is 8.97. The lowest BCUT2D eigenvalue weighted by Gasteiger charge is -2.25. The van der Waals surface area contributed by atoms with Crippen LogP contribution in [0.3, 0.4) is 0 Å². The van der Waals surface area contributed by atoms with Crippen molar-refractivity contribution < 1.29 is 14.4 Å². The third-order valence-corrected chi connectivity index (χ3v) is 2.45. The maximum Gasteiger partial charge on any atom is 0.275 e. The van der Waals surface area contributed by atoms with Crippen LogP contribution in [0.15, 0.2) is 0 Å². The van der Waals surface area contributed by atoms with E-state index in [0.717, 1.165) is 32.2 Å². The van der Waals surface area contributed by atoms with Gasteiger partial charge in [0.25, 0.3) is 5.91 Å². The molecule has 0 saturated carbocycles. The molecule has 0 bridgehead atoms. The Bertz CT molecular complexity index is 183. The quantitative estimate of drug-likeness (QED) is 0.604. The number of nitrogens with zero attached hydrogens (tertiary/aromatic N) is 1. The highest BCUT2D eigenvalue weighted by molar-refractivity contribution is 5.80. The lowest BCUT2D eigenvalue weighted by Crippen LogP contribution is -2.39. The van der Waals surface area contributed by atoms with Crippen LogP contribution in [0.4, 0.5) is 0 Å². The van der Waals surface area contributed by atoms with Crippen molar-refractivity contribution in [2.45, 2.75) is 31.8 Å². The maximum absolute atomic E-state index is 11.7. The van der Waals surface area contributed by atoms with E-state index in [0.29, 0.717) is 13.2 Å². The van der Waals surface area contributed by atoms with E-state index in [9.17, 15) is 4.79 Å². The van der Waals surface area contributed by atoms with Gasteiger partial charge >= 0.3 is 0 Å². The van der Waals surface area contributed by atoms with Crippen molar-refractivity contribution in [2.75, 3.05) is 19.8 Å². The SMILES string of the molecule is O=C(C1CCCCO1)N1CCCO1. The van der Waals surface area contributed by atoms with E-state index < -0.39 is 0 Å². The molecule has 2 heterocycles. The van der Waals surface area contributed by atoms with Crippen molar-refractivity contribution in [1.82, 2.24) is 5.06 Å². The molecule has 1 atom stereocenters. The molecular formula is C9H15NO3. The molecule has 0 aromatic heterocycles. The van der Waals surface area contributed by atoms with Gasteiger partial charge in [0.1, 0.15) is 6.10 Å². The van der Waals surface area contributed by atoms with Crippen LogP contribution in [0, 0.1) is 0 Å². The van der Waals surface area contributed by atoms with E-state index in [-0.39, 0.29) is 12.0 Å². The largest absolute Gasteiger partial charge is 0.368 e. The molecule has 13 heavy (non-hydrogen) atoms. The Balaban J connectivity index is 1.87. The second kappa shape index (κ2) is 4.07. The molecule has 4 heteroatoms. The Kier molecular flexibility index (Phi) is 2.80. The first-order valence-electron chi connectivity index (χ1n) is 4.94. The molecule has 0 aliphatic carbocycles. The van der Waals surface area contributed by atoms with E-state index >= 15 is 0 Å². The summed E-state index contributed by atoms with van der Waals surface area (Å²) in [6, 6.07) is 0. The van der Waals surface area contributed by atoms with Crippen LogP contribution in [0.1, 0.15) is 25.7 Å². The van der Waals surface area contributed by atoms with Crippen LogP contribution in [0.25, 0.3) is 0 Å². The van der Waals surface area contributed by atoms with Gasteiger partial charge in [0.2, 0.25) is 0 Å². The first-order chi connectivity index (χ1) is 6.38. The summed E-state index contributed by atoms with van der Waals surface area (Å²) in [7, 11) is 0. The van der Waals surface area contributed by atoms with Crippen molar-refractivity contribution >= 4 is 5.91 Å². The Labute approximate surface area is 77.7 Å². The molecule has 74 valence electrons. The zero-order valence-electron chi connectivity index (χ0n) is 7.70. The standard InChI is InChI=1S/C9H15NO3/c11-9(10-5-3-7-13-10)8-4-1-2-6-12-8/h8H,1-7H2. The lowest BCUT2D eigenvalue weighted by atomic mass is 10.1. The zero-order chi connectivity index (χ0) is 9.10. The average Bonchev–Trinajstić information content (AvgIpc) is 2.71. The molecule has 2 aliphatic rings. The molecule has 0 N–H and O–H groups in total. The summed E-state index contributed by atoms with van der Waals surface area (Å²) in [4.78, 5) is 16.8. The van der Waals surface area contributed by atoms with Gasteiger partial charge < -0.3 is 4.74 Å². The second-order valence-electron chi connectivity index (χ2n) is 3.48. The highest BCUT2D eigenvalue weighted by atomic mass is 16.7. The van der Waals surface area contributed by atoms with Gasteiger partial charge in [0.15, 0.2) is 0 Å². The van der Waals surface area contributed by atoms with Gasteiger partial charge in [0, 0.05) is 6.61 Å². The monoisotopic (exact) mass is 185 g/mol. The third kappa shape index (κ3) is 2.00. The summed E-state index contributed by atoms with van der Waals surface area (Å²) in [5.41, 5.74) is 0. The molecule has 0 radical (unpaired) electrons. The van der Waals surface area contributed by atoms with Crippen molar-refractivity contribution in [3.63, 3.8) is 0 Å². The predicted molar refractivity (Wildman–Crippen MR) is 45.9 cm³/mol. The Morgan fingerprint density at radius 1 is 1.23 bits per heavy atom. The van der Waals surface area contributed by atoms with E-state index in [4.69, 9.17) is 9.57 Å². The predicted octanol–water partition coefficient (Wildman–Crippen LogP) is 0.719. The van der Waals surface area contributed by atoms with Crippen molar-refractivity contribution in [2.24, 2.45) is 0 Å². The molecule has 2 aliphatic heterocycles. The fourth-order valence-electron chi connectivity index (χ4n) is 1.72. The van der Waals surface area contributed by atoms with Gasteiger partial charge in [-0.2, -0.15) is 0 Å². The van der Waals surface area contributed by atoms with Crippen LogP contribution in [0.5, 0.6) is 0 Å². The molecule has 0 aromatic rings. The number of hydrogen-bond acceptors (Lipinski definition) is 3. The molecule has 4 nitrogen and oxygen atoms in total. The fraction of sp³-hybridized carbons (Fsp3) is 0.889. The van der Waals surface area contributed by atoms with Crippen LogP contribution >= 0.6 is 0 Å². The minimum atomic E-state index is -0.244. The molecule has 0 spiro atoms. The molecule has 2 fully saturated rings. The minimum absolute atomic E-state index is 0.0113. The van der Waals surface area contributed by atoms with Crippen molar-refractivity contribution in [3.8, 4) is 0 Å². The van der Waals surface area contributed by atoms with Crippen LogP contribution < -0.4 is 0 Å². The lowest BCUT2D eigenvalue weighted by molar-refractivity contribution is -0.183. The average molecular weight is 185 g/mol. The molecule has 1 unspecified atom stereocenters. The van der Waals surface area contributed by atoms with Crippen molar-refractivity contribution in [1.29, 1.82) is 0 Å². The highest BCUT2D eigenvalue weighted by Crippen LogP contribution is 2.17. The van der Waals surface area contributed by atoms with Gasteiger partial charge in [-0.3, -0.25) is 9.63 Å². The first-order valence-corrected chi connectivity index (χ1v) is 4.94. The Morgan fingerprint density at radius 3 is 2.77 bits per heavy atom. The summed E-state index contributed by atoms with van der Waals surface area (Å²) < 4.78 is 5.38. The van der Waals surface area contributed by atoms with E-state index in [1.807, 2.05) is 0 Å². The van der Waals surface area contributed by atoms with E-state index in [1.165, 1.54) is 5.06 Å². The van der Waals surface area contributed by atoms with Gasteiger partial charge in [-0.15, -0.1) is 0 Å². The number of rotatable bonds is 1. The molecule has 0 aromatic carbocycles. The smallest absolute Gasteiger partial charge is 0.275 e. The summed E-state index contributed by atoms with van der Waals surface area (Å²) in [6.45, 7) is 2.10. The maximum atomic E-state index is 11.7. The van der Waals surface area contributed by atoms with Gasteiger partial charge in [-0.25, -0.2) is 5.06 Å². The zero-order valence-corrected chi connectivity index (χ0v) is 7.70. The summed E-state index contributed by atoms with van der Waals surface area (Å²) in [5, 5.41) is 1.45. The molecule has 2 saturated heterocycles.